The molecular formula is C12H16ClNO. The van der Waals surface area contributed by atoms with Crippen molar-refractivity contribution < 1.29 is 4.74 Å². The van der Waals surface area contributed by atoms with Crippen LogP contribution in [-0.4, -0.2) is 17.6 Å². The monoisotopic (exact) mass is 225 g/mol. The number of hydrogen-bond acceptors (Lipinski definition) is 2. The summed E-state index contributed by atoms with van der Waals surface area (Å²) in [5.41, 5.74) is -0.557. The highest BCUT2D eigenvalue weighted by atomic mass is 35.5. The molecule has 3 aliphatic rings. The van der Waals surface area contributed by atoms with Gasteiger partial charge in [-0.2, -0.15) is 5.26 Å². The van der Waals surface area contributed by atoms with Gasteiger partial charge in [-0.05, 0) is 24.2 Å². The van der Waals surface area contributed by atoms with Crippen molar-refractivity contribution >= 4 is 11.6 Å². The fraction of sp³-hybridized carbons (Fsp3) is 0.750. The van der Waals surface area contributed by atoms with Crippen molar-refractivity contribution in [1.82, 2.24) is 0 Å². The lowest BCUT2D eigenvalue weighted by molar-refractivity contribution is -0.0870. The van der Waals surface area contributed by atoms with E-state index in [9.17, 15) is 5.26 Å². The maximum atomic E-state index is 9.31. The zero-order valence-electron chi connectivity index (χ0n) is 9.38. The number of hydrogen-bond donors (Lipinski definition) is 0. The minimum Gasteiger partial charge on any atom is -0.371 e. The van der Waals surface area contributed by atoms with Crippen LogP contribution in [0.1, 0.15) is 26.7 Å². The molecule has 2 bridgehead atoms. The minimum atomic E-state index is -0.914. The van der Waals surface area contributed by atoms with Gasteiger partial charge in [-0.3, -0.25) is 0 Å². The Kier molecular flexibility index (Phi) is 2.19. The van der Waals surface area contributed by atoms with E-state index >= 15 is 0 Å². The standard InChI is InChI=1S/C12H16ClNO/c1-9-6-10(2)4-5-12(9,15-3)11(13,7-10)8-14/h4-5,9H,6-7H2,1-3H3/t9-,10+,11?,12+/m0/s1. The van der Waals surface area contributed by atoms with Gasteiger partial charge in [0.2, 0.25) is 0 Å². The molecule has 1 fully saturated rings. The Labute approximate surface area is 95.9 Å². The highest BCUT2D eigenvalue weighted by Gasteiger charge is 2.62. The van der Waals surface area contributed by atoms with Gasteiger partial charge in [-0.25, -0.2) is 0 Å². The van der Waals surface area contributed by atoms with Crippen LogP contribution < -0.4 is 0 Å². The summed E-state index contributed by atoms with van der Waals surface area (Å²) in [6, 6.07) is 2.25. The van der Waals surface area contributed by atoms with E-state index in [0.29, 0.717) is 6.42 Å². The average molecular weight is 226 g/mol. The SMILES string of the molecule is CO[C@]12C=C[C@](C)(C[C@@H]1C)CC2(Cl)C#N. The fourth-order valence-electron chi connectivity index (χ4n) is 3.31. The maximum absolute atomic E-state index is 9.31. The van der Waals surface area contributed by atoms with E-state index in [4.69, 9.17) is 16.3 Å². The Morgan fingerprint density at radius 3 is 2.67 bits per heavy atom. The highest BCUT2D eigenvalue weighted by Crippen LogP contribution is 2.59. The molecule has 82 valence electrons. The van der Waals surface area contributed by atoms with Crippen molar-refractivity contribution in [2.75, 3.05) is 7.11 Å². The lowest BCUT2D eigenvalue weighted by atomic mass is 9.54. The number of rotatable bonds is 1. The molecular weight excluding hydrogens is 210 g/mol. The molecule has 2 nitrogen and oxygen atoms in total. The molecule has 0 aliphatic heterocycles. The Bertz CT molecular complexity index is 361. The van der Waals surface area contributed by atoms with Crippen LogP contribution in [0.15, 0.2) is 12.2 Å². The Balaban J connectivity index is 2.57. The summed E-state index contributed by atoms with van der Waals surface area (Å²) in [7, 11) is 1.64. The second-order valence-corrected chi connectivity index (χ2v) is 5.82. The molecule has 4 atom stereocenters. The number of methoxy groups -OCH3 is 1. The van der Waals surface area contributed by atoms with E-state index in [1.54, 1.807) is 7.11 Å². The fourth-order valence-corrected chi connectivity index (χ4v) is 3.95. The summed E-state index contributed by atoms with van der Waals surface area (Å²) in [6.45, 7) is 4.27. The van der Waals surface area contributed by atoms with Gasteiger partial charge in [0.1, 0.15) is 5.60 Å². The summed E-state index contributed by atoms with van der Waals surface area (Å²) in [6.07, 6.45) is 5.87. The van der Waals surface area contributed by atoms with Crippen LogP contribution in [0, 0.1) is 22.7 Å². The lowest BCUT2D eigenvalue weighted by Gasteiger charge is -2.56. The number of ether oxygens (including phenoxy) is 1. The molecule has 1 saturated carbocycles. The molecule has 3 aliphatic carbocycles. The van der Waals surface area contributed by atoms with Crippen LogP contribution in [0.4, 0.5) is 0 Å². The van der Waals surface area contributed by atoms with E-state index in [1.165, 1.54) is 0 Å². The molecule has 0 radical (unpaired) electrons. The summed E-state index contributed by atoms with van der Waals surface area (Å²) >= 11 is 6.46. The van der Waals surface area contributed by atoms with Crippen LogP contribution in [0.2, 0.25) is 0 Å². The van der Waals surface area contributed by atoms with Crippen molar-refractivity contribution in [3.05, 3.63) is 12.2 Å². The maximum Gasteiger partial charge on any atom is 0.164 e. The van der Waals surface area contributed by atoms with Gasteiger partial charge in [-0.15, -0.1) is 0 Å². The molecule has 0 aromatic heterocycles. The van der Waals surface area contributed by atoms with Gasteiger partial charge < -0.3 is 4.74 Å². The van der Waals surface area contributed by atoms with Crippen molar-refractivity contribution in [2.24, 2.45) is 11.3 Å². The zero-order valence-corrected chi connectivity index (χ0v) is 10.1. The minimum absolute atomic E-state index is 0.0528. The van der Waals surface area contributed by atoms with Crippen LogP contribution in [0.25, 0.3) is 0 Å². The van der Waals surface area contributed by atoms with Crippen LogP contribution in [0.5, 0.6) is 0 Å². The van der Waals surface area contributed by atoms with Crippen molar-refractivity contribution in [1.29, 1.82) is 5.26 Å². The molecule has 0 spiro atoms. The average Bonchev–Trinajstić information content (AvgIpc) is 2.17. The van der Waals surface area contributed by atoms with E-state index in [-0.39, 0.29) is 11.3 Å². The number of allylic oxidation sites excluding steroid dienone is 1. The van der Waals surface area contributed by atoms with Gasteiger partial charge in [0.25, 0.3) is 0 Å². The second-order valence-electron chi connectivity index (χ2n) is 5.18. The predicted octanol–water partition coefficient (Wildman–Crippen LogP) is 2.88. The molecule has 0 aromatic rings. The summed E-state index contributed by atoms with van der Waals surface area (Å²) < 4.78 is 5.59. The highest BCUT2D eigenvalue weighted by molar-refractivity contribution is 6.27. The Hall–Kier alpha value is -0.520. The van der Waals surface area contributed by atoms with Crippen molar-refractivity contribution in [3.8, 4) is 6.07 Å². The van der Waals surface area contributed by atoms with Gasteiger partial charge in [0, 0.05) is 7.11 Å². The number of fused-ring (bicyclic) bond motifs is 2. The van der Waals surface area contributed by atoms with E-state index in [2.05, 4.69) is 26.0 Å². The topological polar surface area (TPSA) is 33.0 Å². The van der Waals surface area contributed by atoms with Gasteiger partial charge >= 0.3 is 0 Å². The first-order valence-electron chi connectivity index (χ1n) is 5.27. The zero-order chi connectivity index (χ0) is 11.3. The lowest BCUT2D eigenvalue weighted by Crippen LogP contribution is -2.62. The van der Waals surface area contributed by atoms with Crippen molar-refractivity contribution in [3.63, 3.8) is 0 Å². The third-order valence-electron chi connectivity index (χ3n) is 4.02. The Morgan fingerprint density at radius 2 is 2.20 bits per heavy atom. The van der Waals surface area contributed by atoms with Crippen molar-refractivity contribution in [2.45, 2.75) is 37.2 Å². The molecule has 0 heterocycles. The van der Waals surface area contributed by atoms with Gasteiger partial charge in [0.15, 0.2) is 4.87 Å². The molecule has 1 unspecified atom stereocenters. The first kappa shape index (κ1) is 11.0. The smallest absolute Gasteiger partial charge is 0.164 e. The molecule has 0 saturated heterocycles. The third kappa shape index (κ3) is 1.20. The molecule has 0 N–H and O–H groups in total. The molecule has 3 heteroatoms. The number of halogens is 1. The normalized spacial score (nSPS) is 52.9. The third-order valence-corrected chi connectivity index (χ3v) is 4.53. The summed E-state index contributed by atoms with van der Waals surface area (Å²) in [5.74, 6) is 0.281. The Morgan fingerprint density at radius 1 is 1.53 bits per heavy atom. The molecule has 0 aromatic carbocycles. The largest absolute Gasteiger partial charge is 0.371 e. The first-order valence-corrected chi connectivity index (χ1v) is 5.65. The van der Waals surface area contributed by atoms with E-state index < -0.39 is 10.5 Å². The van der Waals surface area contributed by atoms with E-state index in [0.717, 1.165) is 6.42 Å². The first-order chi connectivity index (χ1) is 6.91. The quantitative estimate of drug-likeness (QED) is 0.508. The summed E-state index contributed by atoms with van der Waals surface area (Å²) in [5, 5.41) is 9.31. The van der Waals surface area contributed by atoms with E-state index in [1.807, 2.05) is 6.08 Å². The second kappa shape index (κ2) is 2.99. The molecule has 15 heavy (non-hydrogen) atoms. The van der Waals surface area contributed by atoms with Gasteiger partial charge in [-0.1, -0.05) is 37.6 Å². The van der Waals surface area contributed by atoms with Crippen LogP contribution >= 0.6 is 11.6 Å². The number of alkyl halides is 1. The summed E-state index contributed by atoms with van der Waals surface area (Å²) in [4.78, 5) is -0.914. The van der Waals surface area contributed by atoms with Crippen LogP contribution in [-0.2, 0) is 4.74 Å². The number of nitriles is 1. The predicted molar refractivity (Wildman–Crippen MR) is 59.6 cm³/mol. The molecule has 0 amide bonds. The number of nitrogens with zero attached hydrogens (tertiary/aromatic N) is 1. The molecule has 3 rings (SSSR count). The van der Waals surface area contributed by atoms with Crippen LogP contribution in [0.3, 0.4) is 0 Å². The van der Waals surface area contributed by atoms with Gasteiger partial charge in [0.05, 0.1) is 6.07 Å².